The van der Waals surface area contributed by atoms with Gasteiger partial charge in [0.2, 0.25) is 0 Å². The summed E-state index contributed by atoms with van der Waals surface area (Å²) in [6.07, 6.45) is 4.01. The summed E-state index contributed by atoms with van der Waals surface area (Å²) in [4.78, 5) is 11.0. The Kier molecular flexibility index (Phi) is 4.46. The van der Waals surface area contributed by atoms with Gasteiger partial charge in [0.1, 0.15) is 12.2 Å². The van der Waals surface area contributed by atoms with Gasteiger partial charge in [0, 0.05) is 37.1 Å². The topological polar surface area (TPSA) is 67.1 Å². The number of para-hydroxylation sites is 1. The summed E-state index contributed by atoms with van der Waals surface area (Å²) in [5.41, 5.74) is 2.27. The Morgan fingerprint density at radius 1 is 1.16 bits per heavy atom. The second kappa shape index (κ2) is 6.90. The highest BCUT2D eigenvalue weighted by Crippen LogP contribution is 2.26. The highest BCUT2D eigenvalue weighted by Gasteiger charge is 2.32. The van der Waals surface area contributed by atoms with Gasteiger partial charge in [-0.15, -0.1) is 0 Å². The first-order valence-electron chi connectivity index (χ1n) is 8.84. The van der Waals surface area contributed by atoms with E-state index in [2.05, 4.69) is 39.0 Å². The molecular formula is C19H23N5O. The van der Waals surface area contributed by atoms with Crippen LogP contribution >= 0.6 is 0 Å². The molecule has 2 aromatic heterocycles. The summed E-state index contributed by atoms with van der Waals surface area (Å²) in [6, 6.07) is 10.3. The fourth-order valence-corrected chi connectivity index (χ4v) is 3.76. The lowest BCUT2D eigenvalue weighted by atomic mass is 9.94. The summed E-state index contributed by atoms with van der Waals surface area (Å²) >= 11 is 0. The molecule has 2 atom stereocenters. The van der Waals surface area contributed by atoms with E-state index in [1.165, 1.54) is 10.9 Å². The Balaban J connectivity index is 1.48. The normalized spacial score (nSPS) is 21.2. The first-order chi connectivity index (χ1) is 12.2. The smallest absolute Gasteiger partial charge is 0.140 e. The average molecular weight is 337 g/mol. The van der Waals surface area contributed by atoms with E-state index in [1.54, 1.807) is 6.33 Å². The molecule has 6 heteroatoms. The van der Waals surface area contributed by atoms with Crippen LogP contribution in [0.4, 0.5) is 0 Å². The van der Waals surface area contributed by atoms with Gasteiger partial charge in [-0.1, -0.05) is 18.2 Å². The highest BCUT2D eigenvalue weighted by atomic mass is 16.3. The maximum Gasteiger partial charge on any atom is 0.140 e. The average Bonchev–Trinajstić information content (AvgIpc) is 3.22. The molecule has 3 aromatic rings. The molecule has 1 N–H and O–H groups in total. The van der Waals surface area contributed by atoms with Crippen LogP contribution < -0.4 is 0 Å². The Hall–Kier alpha value is -2.31. The van der Waals surface area contributed by atoms with Crippen molar-refractivity contribution in [1.82, 2.24) is 24.6 Å². The van der Waals surface area contributed by atoms with E-state index in [1.807, 2.05) is 29.1 Å². The number of hydrogen-bond acceptors (Lipinski definition) is 5. The monoisotopic (exact) mass is 337 g/mol. The van der Waals surface area contributed by atoms with Crippen molar-refractivity contribution < 1.29 is 5.11 Å². The van der Waals surface area contributed by atoms with E-state index in [4.69, 9.17) is 0 Å². The van der Waals surface area contributed by atoms with Gasteiger partial charge in [-0.05, 0) is 31.0 Å². The van der Waals surface area contributed by atoms with E-state index in [-0.39, 0.29) is 12.0 Å². The number of aliphatic hydroxyl groups excluding tert-OH is 1. The number of aryl methyl sites for hydroxylation is 1. The van der Waals surface area contributed by atoms with Crippen molar-refractivity contribution in [3.05, 3.63) is 54.2 Å². The standard InChI is InChI=1S/C19H23N5O/c1-2-24-19(21-13-22-24)12-23-10-15(18(25)11-23)9-14-7-8-20-17-6-4-3-5-16(14)17/h3-8,13,15,18,25H,2,9-12H2,1H3/t15-,18-/m1/s1. The van der Waals surface area contributed by atoms with E-state index in [9.17, 15) is 5.11 Å². The summed E-state index contributed by atoms with van der Waals surface area (Å²) in [6.45, 7) is 5.17. The van der Waals surface area contributed by atoms with Crippen LogP contribution in [-0.2, 0) is 19.5 Å². The van der Waals surface area contributed by atoms with Crippen LogP contribution in [0.3, 0.4) is 0 Å². The molecule has 4 rings (SSSR count). The van der Waals surface area contributed by atoms with Crippen molar-refractivity contribution in [1.29, 1.82) is 0 Å². The van der Waals surface area contributed by atoms with E-state index < -0.39 is 0 Å². The first-order valence-corrected chi connectivity index (χ1v) is 8.84. The molecule has 0 amide bonds. The molecule has 1 aliphatic rings. The molecule has 0 saturated carbocycles. The molecule has 0 spiro atoms. The molecular weight excluding hydrogens is 314 g/mol. The fourth-order valence-electron chi connectivity index (χ4n) is 3.76. The third-order valence-corrected chi connectivity index (χ3v) is 5.06. The van der Waals surface area contributed by atoms with Crippen LogP contribution in [-0.4, -0.2) is 48.9 Å². The second-order valence-electron chi connectivity index (χ2n) is 6.70. The van der Waals surface area contributed by atoms with Gasteiger partial charge in [0.15, 0.2) is 0 Å². The summed E-state index contributed by atoms with van der Waals surface area (Å²) in [5.74, 6) is 1.19. The highest BCUT2D eigenvalue weighted by molar-refractivity contribution is 5.81. The number of benzene rings is 1. The SMILES string of the molecule is CCn1ncnc1CN1C[C@@H](Cc2ccnc3ccccc23)[C@H](O)C1. The summed E-state index contributed by atoms with van der Waals surface area (Å²) < 4.78 is 1.91. The number of fused-ring (bicyclic) bond motifs is 1. The number of hydrogen-bond donors (Lipinski definition) is 1. The van der Waals surface area contributed by atoms with Crippen LogP contribution in [0.2, 0.25) is 0 Å². The number of aromatic nitrogens is 4. The van der Waals surface area contributed by atoms with Gasteiger partial charge in [-0.2, -0.15) is 5.10 Å². The van der Waals surface area contributed by atoms with E-state index in [0.29, 0.717) is 6.54 Å². The van der Waals surface area contributed by atoms with Gasteiger partial charge in [0.25, 0.3) is 0 Å². The van der Waals surface area contributed by atoms with Crippen LogP contribution in [0.5, 0.6) is 0 Å². The molecule has 0 unspecified atom stereocenters. The fraction of sp³-hybridized carbons (Fsp3) is 0.421. The van der Waals surface area contributed by atoms with Gasteiger partial charge in [-0.3, -0.25) is 9.88 Å². The van der Waals surface area contributed by atoms with Crippen molar-refractivity contribution in [2.75, 3.05) is 13.1 Å². The molecule has 0 bridgehead atoms. The van der Waals surface area contributed by atoms with Gasteiger partial charge >= 0.3 is 0 Å². The molecule has 0 aliphatic carbocycles. The van der Waals surface area contributed by atoms with Crippen molar-refractivity contribution in [2.45, 2.75) is 32.5 Å². The second-order valence-corrected chi connectivity index (χ2v) is 6.70. The molecule has 1 aliphatic heterocycles. The van der Waals surface area contributed by atoms with Gasteiger partial charge in [-0.25, -0.2) is 9.67 Å². The zero-order valence-electron chi connectivity index (χ0n) is 14.4. The van der Waals surface area contributed by atoms with Gasteiger partial charge < -0.3 is 5.11 Å². The Morgan fingerprint density at radius 2 is 2.04 bits per heavy atom. The van der Waals surface area contributed by atoms with Crippen molar-refractivity contribution in [3.63, 3.8) is 0 Å². The van der Waals surface area contributed by atoms with Crippen molar-refractivity contribution in [2.24, 2.45) is 5.92 Å². The number of nitrogens with zero attached hydrogens (tertiary/aromatic N) is 5. The predicted octanol–water partition coefficient (Wildman–Crippen LogP) is 1.88. The molecule has 130 valence electrons. The zero-order valence-corrected chi connectivity index (χ0v) is 14.4. The molecule has 1 saturated heterocycles. The van der Waals surface area contributed by atoms with Crippen LogP contribution in [0.1, 0.15) is 18.3 Å². The minimum atomic E-state index is -0.315. The first kappa shape index (κ1) is 16.2. The number of likely N-dealkylation sites (tertiary alicyclic amines) is 1. The third kappa shape index (κ3) is 3.27. The number of β-amino-alcohol motifs (C(OH)–C–C–N with tert-alkyl or cyclic N) is 1. The summed E-state index contributed by atoms with van der Waals surface area (Å²) in [7, 11) is 0. The Bertz CT molecular complexity index is 856. The zero-order chi connectivity index (χ0) is 17.2. The van der Waals surface area contributed by atoms with Crippen molar-refractivity contribution in [3.8, 4) is 0 Å². The maximum absolute atomic E-state index is 10.5. The summed E-state index contributed by atoms with van der Waals surface area (Å²) in [5, 5.41) is 16.0. The molecule has 1 fully saturated rings. The molecule has 3 heterocycles. The Morgan fingerprint density at radius 3 is 2.92 bits per heavy atom. The lowest BCUT2D eigenvalue weighted by Crippen LogP contribution is -2.23. The predicted molar refractivity (Wildman–Crippen MR) is 95.9 cm³/mol. The minimum Gasteiger partial charge on any atom is -0.391 e. The Labute approximate surface area is 147 Å². The largest absolute Gasteiger partial charge is 0.391 e. The van der Waals surface area contributed by atoms with Crippen molar-refractivity contribution >= 4 is 10.9 Å². The maximum atomic E-state index is 10.5. The number of rotatable bonds is 5. The van der Waals surface area contributed by atoms with E-state index >= 15 is 0 Å². The number of pyridine rings is 1. The van der Waals surface area contributed by atoms with Crippen LogP contribution in [0.25, 0.3) is 10.9 Å². The molecule has 25 heavy (non-hydrogen) atoms. The third-order valence-electron chi connectivity index (χ3n) is 5.06. The quantitative estimate of drug-likeness (QED) is 0.770. The van der Waals surface area contributed by atoms with E-state index in [0.717, 1.165) is 37.4 Å². The van der Waals surface area contributed by atoms with Crippen LogP contribution in [0, 0.1) is 5.92 Å². The molecule has 6 nitrogen and oxygen atoms in total. The minimum absolute atomic E-state index is 0.226. The molecule has 1 aromatic carbocycles. The molecule has 0 radical (unpaired) electrons. The lowest BCUT2D eigenvalue weighted by Gasteiger charge is -2.16. The lowest BCUT2D eigenvalue weighted by molar-refractivity contribution is 0.140. The van der Waals surface area contributed by atoms with Gasteiger partial charge in [0.05, 0.1) is 18.2 Å². The van der Waals surface area contributed by atoms with Crippen LogP contribution in [0.15, 0.2) is 42.9 Å². The number of aliphatic hydroxyl groups is 1.